The van der Waals surface area contributed by atoms with E-state index < -0.39 is 0 Å². The molecular formula is C17H15ClN6O2. The number of hydrogen-bond acceptors (Lipinski definition) is 5. The average Bonchev–Trinajstić information content (AvgIpc) is 3.17. The third-order valence-electron chi connectivity index (χ3n) is 3.52. The van der Waals surface area contributed by atoms with Gasteiger partial charge in [-0.3, -0.25) is 9.59 Å². The van der Waals surface area contributed by atoms with Crippen molar-refractivity contribution in [1.82, 2.24) is 25.5 Å². The van der Waals surface area contributed by atoms with E-state index in [9.17, 15) is 9.59 Å². The van der Waals surface area contributed by atoms with Crippen molar-refractivity contribution in [3.05, 3.63) is 65.4 Å². The third kappa shape index (κ3) is 4.42. The summed E-state index contributed by atoms with van der Waals surface area (Å²) in [6.45, 7) is 0.207. The van der Waals surface area contributed by atoms with Gasteiger partial charge >= 0.3 is 0 Å². The molecule has 0 spiro atoms. The molecule has 0 bridgehead atoms. The molecule has 0 unspecified atom stereocenters. The summed E-state index contributed by atoms with van der Waals surface area (Å²) in [6, 6.07) is 13.8. The minimum Gasteiger partial charge on any atom is -0.351 e. The molecule has 2 N–H and O–H groups in total. The van der Waals surface area contributed by atoms with Gasteiger partial charge in [0.1, 0.15) is 6.33 Å². The normalized spacial score (nSPS) is 10.3. The topological polar surface area (TPSA) is 102 Å². The minimum absolute atomic E-state index is 0.144. The zero-order chi connectivity index (χ0) is 18.4. The summed E-state index contributed by atoms with van der Waals surface area (Å²) in [7, 11) is 0. The quantitative estimate of drug-likeness (QED) is 0.691. The Morgan fingerprint density at radius 3 is 2.54 bits per heavy atom. The Bertz CT molecular complexity index is 896. The average molecular weight is 371 g/mol. The number of amides is 2. The number of carbonyl (C=O) groups is 2. The van der Waals surface area contributed by atoms with Crippen LogP contribution in [0.1, 0.15) is 16.8 Å². The van der Waals surface area contributed by atoms with Crippen LogP contribution in [-0.4, -0.2) is 38.6 Å². The maximum atomic E-state index is 12.0. The standard InChI is InChI=1S/C17H15ClN6O2/c18-15-4-2-1-3-14(15)17(26)19-10-9-16(25)21-12-5-7-13(8-6-12)24-11-20-22-23-24/h1-8,11H,9-10H2,(H,19,26)(H,21,25). The first-order chi connectivity index (χ1) is 12.6. The Hall–Kier alpha value is -3.26. The van der Waals surface area contributed by atoms with Crippen LogP contribution < -0.4 is 10.6 Å². The molecule has 3 rings (SSSR count). The smallest absolute Gasteiger partial charge is 0.252 e. The molecule has 0 aliphatic rings. The van der Waals surface area contributed by atoms with Crippen LogP contribution in [0, 0.1) is 0 Å². The van der Waals surface area contributed by atoms with Gasteiger partial charge < -0.3 is 10.6 Å². The second-order valence-corrected chi connectivity index (χ2v) is 5.74. The summed E-state index contributed by atoms with van der Waals surface area (Å²) in [5, 5.41) is 16.7. The Labute approximate surface area is 154 Å². The van der Waals surface area contributed by atoms with Gasteiger partial charge in [-0.05, 0) is 46.8 Å². The van der Waals surface area contributed by atoms with Crippen LogP contribution in [0.5, 0.6) is 0 Å². The maximum absolute atomic E-state index is 12.0. The molecule has 2 aromatic carbocycles. The summed E-state index contributed by atoms with van der Waals surface area (Å²) in [5.41, 5.74) is 1.80. The van der Waals surface area contributed by atoms with Gasteiger partial charge in [-0.25, -0.2) is 4.68 Å². The number of halogens is 1. The van der Waals surface area contributed by atoms with Crippen molar-refractivity contribution < 1.29 is 9.59 Å². The molecular weight excluding hydrogens is 356 g/mol. The molecule has 8 nitrogen and oxygen atoms in total. The molecule has 0 aliphatic heterocycles. The fourth-order valence-corrected chi connectivity index (χ4v) is 2.45. The predicted octanol–water partition coefficient (Wildman–Crippen LogP) is 2.07. The highest BCUT2D eigenvalue weighted by molar-refractivity contribution is 6.33. The highest BCUT2D eigenvalue weighted by Crippen LogP contribution is 2.14. The van der Waals surface area contributed by atoms with E-state index >= 15 is 0 Å². The van der Waals surface area contributed by atoms with Gasteiger partial charge in [-0.2, -0.15) is 0 Å². The van der Waals surface area contributed by atoms with E-state index in [4.69, 9.17) is 11.6 Å². The van der Waals surface area contributed by atoms with E-state index in [1.54, 1.807) is 48.5 Å². The van der Waals surface area contributed by atoms with Crippen molar-refractivity contribution in [2.45, 2.75) is 6.42 Å². The number of tetrazole rings is 1. The molecule has 0 saturated heterocycles. The predicted molar refractivity (Wildman–Crippen MR) is 96.2 cm³/mol. The van der Waals surface area contributed by atoms with Gasteiger partial charge in [0.2, 0.25) is 5.91 Å². The highest BCUT2D eigenvalue weighted by atomic mass is 35.5. The summed E-state index contributed by atoms with van der Waals surface area (Å²) < 4.78 is 1.51. The van der Waals surface area contributed by atoms with Gasteiger partial charge in [0.15, 0.2) is 0 Å². The van der Waals surface area contributed by atoms with Crippen LogP contribution in [0.4, 0.5) is 5.69 Å². The van der Waals surface area contributed by atoms with Crippen molar-refractivity contribution in [1.29, 1.82) is 0 Å². The van der Waals surface area contributed by atoms with Crippen molar-refractivity contribution in [2.75, 3.05) is 11.9 Å². The monoisotopic (exact) mass is 370 g/mol. The fourth-order valence-electron chi connectivity index (χ4n) is 2.23. The van der Waals surface area contributed by atoms with E-state index in [1.165, 1.54) is 11.0 Å². The van der Waals surface area contributed by atoms with E-state index in [0.29, 0.717) is 16.3 Å². The van der Waals surface area contributed by atoms with Gasteiger partial charge in [0.25, 0.3) is 5.91 Å². The van der Waals surface area contributed by atoms with Gasteiger partial charge in [-0.15, -0.1) is 5.10 Å². The summed E-state index contributed by atoms with van der Waals surface area (Å²) in [5.74, 6) is -0.520. The zero-order valence-electron chi connectivity index (χ0n) is 13.6. The molecule has 1 heterocycles. The first-order valence-corrected chi connectivity index (χ1v) is 8.17. The largest absolute Gasteiger partial charge is 0.351 e. The van der Waals surface area contributed by atoms with E-state index in [2.05, 4.69) is 26.2 Å². The molecule has 3 aromatic rings. The van der Waals surface area contributed by atoms with Crippen molar-refractivity contribution in [3.8, 4) is 5.69 Å². The number of benzene rings is 2. The second kappa shape index (κ2) is 8.21. The van der Waals surface area contributed by atoms with Gasteiger partial charge in [0, 0.05) is 18.7 Å². The summed E-state index contributed by atoms with van der Waals surface area (Å²) in [4.78, 5) is 24.0. The third-order valence-corrected chi connectivity index (χ3v) is 3.85. The number of hydrogen-bond donors (Lipinski definition) is 2. The van der Waals surface area contributed by atoms with Crippen LogP contribution >= 0.6 is 11.6 Å². The minimum atomic E-state index is -0.311. The molecule has 0 aliphatic carbocycles. The molecule has 0 atom stereocenters. The van der Waals surface area contributed by atoms with Crippen molar-refractivity contribution in [3.63, 3.8) is 0 Å². The molecule has 9 heteroatoms. The van der Waals surface area contributed by atoms with Crippen LogP contribution in [0.2, 0.25) is 5.02 Å². The first kappa shape index (κ1) is 17.6. The molecule has 132 valence electrons. The van der Waals surface area contributed by atoms with E-state index in [0.717, 1.165) is 5.69 Å². The Morgan fingerprint density at radius 2 is 1.85 bits per heavy atom. The molecule has 0 saturated carbocycles. The molecule has 1 aromatic heterocycles. The SMILES string of the molecule is O=C(CCNC(=O)c1ccccc1Cl)Nc1ccc(-n2cnnn2)cc1. The number of anilines is 1. The van der Waals surface area contributed by atoms with E-state index in [1.807, 2.05) is 0 Å². The van der Waals surface area contributed by atoms with Crippen LogP contribution in [0.15, 0.2) is 54.9 Å². The number of rotatable bonds is 6. The lowest BCUT2D eigenvalue weighted by atomic mass is 10.2. The van der Waals surface area contributed by atoms with Crippen molar-refractivity contribution >= 4 is 29.1 Å². The number of nitrogens with zero attached hydrogens (tertiary/aromatic N) is 4. The molecule has 2 amide bonds. The zero-order valence-corrected chi connectivity index (χ0v) is 14.3. The van der Waals surface area contributed by atoms with Crippen LogP contribution in [-0.2, 0) is 4.79 Å². The van der Waals surface area contributed by atoms with Crippen LogP contribution in [0.3, 0.4) is 0 Å². The van der Waals surface area contributed by atoms with E-state index in [-0.39, 0.29) is 24.8 Å². The Kier molecular flexibility index (Phi) is 5.55. The lowest BCUT2D eigenvalue weighted by Gasteiger charge is -2.08. The molecule has 26 heavy (non-hydrogen) atoms. The van der Waals surface area contributed by atoms with Crippen LogP contribution in [0.25, 0.3) is 5.69 Å². The first-order valence-electron chi connectivity index (χ1n) is 7.79. The Morgan fingerprint density at radius 1 is 1.08 bits per heavy atom. The molecule has 0 fully saturated rings. The maximum Gasteiger partial charge on any atom is 0.252 e. The highest BCUT2D eigenvalue weighted by Gasteiger charge is 2.10. The summed E-state index contributed by atoms with van der Waals surface area (Å²) >= 11 is 5.96. The lowest BCUT2D eigenvalue weighted by Crippen LogP contribution is -2.27. The lowest BCUT2D eigenvalue weighted by molar-refractivity contribution is -0.116. The summed E-state index contributed by atoms with van der Waals surface area (Å²) in [6.07, 6.45) is 1.63. The molecule has 0 radical (unpaired) electrons. The van der Waals surface area contributed by atoms with Gasteiger partial charge in [0.05, 0.1) is 16.3 Å². The number of aromatic nitrogens is 4. The Balaban J connectivity index is 1.47. The number of carbonyl (C=O) groups excluding carboxylic acids is 2. The number of nitrogens with one attached hydrogen (secondary N) is 2. The van der Waals surface area contributed by atoms with Gasteiger partial charge in [-0.1, -0.05) is 23.7 Å². The fraction of sp³-hybridized carbons (Fsp3) is 0.118. The second-order valence-electron chi connectivity index (χ2n) is 5.34. The van der Waals surface area contributed by atoms with Crippen molar-refractivity contribution in [2.24, 2.45) is 0 Å².